The minimum absolute atomic E-state index is 0.143. The predicted octanol–water partition coefficient (Wildman–Crippen LogP) is 1.86. The molecule has 18 heavy (non-hydrogen) atoms. The second-order valence-electron chi connectivity index (χ2n) is 5.17. The van der Waals surface area contributed by atoms with Gasteiger partial charge in [-0.25, -0.2) is 4.79 Å². The lowest BCUT2D eigenvalue weighted by atomic mass is 10.0. The third-order valence-electron chi connectivity index (χ3n) is 3.48. The van der Waals surface area contributed by atoms with Crippen LogP contribution in [-0.2, 0) is 0 Å². The quantitative estimate of drug-likeness (QED) is 0.830. The van der Waals surface area contributed by atoms with Crippen molar-refractivity contribution in [3.63, 3.8) is 0 Å². The third kappa shape index (κ3) is 4.69. The number of hydrogen-bond donors (Lipinski definition) is 1. The van der Waals surface area contributed by atoms with Crippen molar-refractivity contribution in [3.05, 3.63) is 0 Å². The maximum atomic E-state index is 11.8. The molecule has 0 bridgehead atoms. The smallest absolute Gasteiger partial charge is 0.319 e. The Bertz CT molecular complexity index is 253. The first-order valence-corrected chi connectivity index (χ1v) is 8.19. The van der Waals surface area contributed by atoms with Crippen molar-refractivity contribution in [2.24, 2.45) is 0 Å². The van der Waals surface area contributed by atoms with Gasteiger partial charge in [0.1, 0.15) is 0 Å². The first kappa shape index (κ1) is 15.6. The molecule has 0 aromatic carbocycles. The van der Waals surface area contributed by atoms with Crippen molar-refractivity contribution in [3.8, 4) is 0 Å². The van der Waals surface area contributed by atoms with E-state index in [1.807, 2.05) is 30.8 Å². The van der Waals surface area contributed by atoms with E-state index in [1.54, 1.807) is 4.90 Å². The molecule has 2 amide bonds. The fourth-order valence-corrected chi connectivity index (χ4v) is 3.07. The van der Waals surface area contributed by atoms with Gasteiger partial charge in [0.2, 0.25) is 0 Å². The summed E-state index contributed by atoms with van der Waals surface area (Å²) >= 11 is 1.90. The van der Waals surface area contributed by atoms with Crippen molar-refractivity contribution in [1.82, 2.24) is 15.1 Å². The Morgan fingerprint density at radius 2 is 2.06 bits per heavy atom. The zero-order valence-corrected chi connectivity index (χ0v) is 12.9. The highest BCUT2D eigenvalue weighted by Crippen LogP contribution is 2.13. The van der Waals surface area contributed by atoms with Gasteiger partial charge in [0.05, 0.1) is 0 Å². The summed E-state index contributed by atoms with van der Waals surface area (Å²) in [5, 5.41) is 3.72. The molecule has 1 aliphatic rings. The van der Waals surface area contributed by atoms with Gasteiger partial charge in [-0.3, -0.25) is 0 Å². The number of likely N-dealkylation sites (tertiary alicyclic amines) is 1. The van der Waals surface area contributed by atoms with Crippen LogP contribution in [0.1, 0.15) is 26.2 Å². The molecular formula is C13H27N3OS. The summed E-state index contributed by atoms with van der Waals surface area (Å²) in [5.41, 5.74) is 0. The maximum absolute atomic E-state index is 11.8. The molecule has 0 spiro atoms. The van der Waals surface area contributed by atoms with Gasteiger partial charge in [0.15, 0.2) is 0 Å². The Morgan fingerprint density at radius 1 is 1.44 bits per heavy atom. The summed E-state index contributed by atoms with van der Waals surface area (Å²) in [6.07, 6.45) is 5.48. The highest BCUT2D eigenvalue weighted by molar-refractivity contribution is 7.98. The molecule has 106 valence electrons. The van der Waals surface area contributed by atoms with Crippen LogP contribution in [0.5, 0.6) is 0 Å². The van der Waals surface area contributed by atoms with Crippen LogP contribution in [-0.4, -0.2) is 67.1 Å². The van der Waals surface area contributed by atoms with E-state index < -0.39 is 0 Å². The van der Waals surface area contributed by atoms with Gasteiger partial charge in [-0.05, 0) is 25.5 Å². The topological polar surface area (TPSA) is 35.6 Å². The molecule has 1 N–H and O–H groups in total. The van der Waals surface area contributed by atoms with Crippen LogP contribution in [0.25, 0.3) is 0 Å². The number of hydrogen-bond acceptors (Lipinski definition) is 3. The van der Waals surface area contributed by atoms with Gasteiger partial charge >= 0.3 is 6.03 Å². The lowest BCUT2D eigenvalue weighted by Crippen LogP contribution is -2.50. The van der Waals surface area contributed by atoms with Crippen LogP contribution >= 0.6 is 11.8 Å². The summed E-state index contributed by atoms with van der Waals surface area (Å²) in [6, 6.07) is 1.33. The first-order valence-electron chi connectivity index (χ1n) is 6.79. The van der Waals surface area contributed by atoms with Crippen molar-refractivity contribution in [1.29, 1.82) is 0 Å². The molecule has 1 unspecified atom stereocenters. The monoisotopic (exact) mass is 273 g/mol. The maximum Gasteiger partial charge on any atom is 0.319 e. The van der Waals surface area contributed by atoms with Crippen LogP contribution in [0, 0.1) is 0 Å². The number of urea groups is 1. The molecule has 0 aromatic rings. The number of piperidine rings is 1. The fraction of sp³-hybridized carbons (Fsp3) is 0.923. The Hall–Kier alpha value is -0.420. The minimum Gasteiger partial charge on any atom is -0.331 e. The van der Waals surface area contributed by atoms with Gasteiger partial charge in [-0.2, -0.15) is 11.8 Å². The van der Waals surface area contributed by atoms with E-state index in [-0.39, 0.29) is 6.03 Å². The zero-order chi connectivity index (χ0) is 13.5. The van der Waals surface area contributed by atoms with Gasteiger partial charge in [0, 0.05) is 45.0 Å². The van der Waals surface area contributed by atoms with E-state index >= 15 is 0 Å². The molecule has 0 saturated carbocycles. The molecule has 5 heteroatoms. The standard InChI is InChI=1S/C13H27N3OS/c1-5-11(10-18-4)14-12-6-8-16(9-7-12)13(17)15(2)3/h11-12,14H,5-10H2,1-4H3. The summed E-state index contributed by atoms with van der Waals surface area (Å²) in [6.45, 7) is 3.99. The molecule has 1 heterocycles. The van der Waals surface area contributed by atoms with Gasteiger partial charge in [-0.15, -0.1) is 0 Å². The van der Waals surface area contributed by atoms with Crippen molar-refractivity contribution in [2.75, 3.05) is 39.2 Å². The largest absolute Gasteiger partial charge is 0.331 e. The molecule has 1 atom stereocenters. The Balaban J connectivity index is 2.32. The van der Waals surface area contributed by atoms with E-state index in [1.165, 1.54) is 12.2 Å². The molecule has 0 aromatic heterocycles. The number of nitrogens with one attached hydrogen (secondary N) is 1. The van der Waals surface area contributed by atoms with Gasteiger partial charge < -0.3 is 15.1 Å². The van der Waals surface area contributed by atoms with Gasteiger partial charge in [-0.1, -0.05) is 6.92 Å². The highest BCUT2D eigenvalue weighted by Gasteiger charge is 2.24. The predicted molar refractivity (Wildman–Crippen MR) is 79.3 cm³/mol. The molecule has 1 aliphatic heterocycles. The lowest BCUT2D eigenvalue weighted by molar-refractivity contribution is 0.151. The number of rotatable bonds is 5. The SMILES string of the molecule is CCC(CSC)NC1CCN(C(=O)N(C)C)CC1. The second kappa shape index (κ2) is 7.89. The summed E-state index contributed by atoms with van der Waals surface area (Å²) in [5.74, 6) is 1.17. The number of thioether (sulfide) groups is 1. The number of carbonyl (C=O) groups excluding carboxylic acids is 1. The average molecular weight is 273 g/mol. The van der Waals surface area contributed by atoms with Crippen LogP contribution < -0.4 is 5.32 Å². The zero-order valence-electron chi connectivity index (χ0n) is 12.1. The Kier molecular flexibility index (Phi) is 6.86. The Labute approximate surface area is 115 Å². The third-order valence-corrected chi connectivity index (χ3v) is 4.22. The fourth-order valence-electron chi connectivity index (χ4n) is 2.34. The molecule has 0 radical (unpaired) electrons. The van der Waals surface area contributed by atoms with E-state index in [9.17, 15) is 4.79 Å². The lowest BCUT2D eigenvalue weighted by Gasteiger charge is -2.35. The first-order chi connectivity index (χ1) is 8.58. The molecule has 1 saturated heterocycles. The van der Waals surface area contributed by atoms with Crippen LogP contribution in [0.2, 0.25) is 0 Å². The van der Waals surface area contributed by atoms with E-state index in [0.29, 0.717) is 12.1 Å². The van der Waals surface area contributed by atoms with Gasteiger partial charge in [0.25, 0.3) is 0 Å². The second-order valence-corrected chi connectivity index (χ2v) is 6.08. The summed E-state index contributed by atoms with van der Waals surface area (Å²) < 4.78 is 0. The van der Waals surface area contributed by atoms with Crippen LogP contribution in [0.3, 0.4) is 0 Å². The summed E-state index contributed by atoms with van der Waals surface area (Å²) in [7, 11) is 3.64. The highest BCUT2D eigenvalue weighted by atomic mass is 32.2. The number of nitrogens with zero attached hydrogens (tertiary/aromatic N) is 2. The molecule has 1 rings (SSSR count). The van der Waals surface area contributed by atoms with E-state index in [4.69, 9.17) is 0 Å². The van der Waals surface area contributed by atoms with Crippen LogP contribution in [0.4, 0.5) is 4.79 Å². The number of carbonyl (C=O) groups is 1. The van der Waals surface area contributed by atoms with Crippen molar-refractivity contribution >= 4 is 17.8 Å². The molecule has 0 aliphatic carbocycles. The van der Waals surface area contributed by atoms with E-state index in [0.717, 1.165) is 25.9 Å². The van der Waals surface area contributed by atoms with Crippen LogP contribution in [0.15, 0.2) is 0 Å². The molecule has 4 nitrogen and oxygen atoms in total. The molecule has 1 fully saturated rings. The van der Waals surface area contributed by atoms with Crippen molar-refractivity contribution < 1.29 is 4.79 Å². The van der Waals surface area contributed by atoms with Crippen molar-refractivity contribution in [2.45, 2.75) is 38.3 Å². The number of amides is 2. The molecular weight excluding hydrogens is 246 g/mol. The average Bonchev–Trinajstić information content (AvgIpc) is 2.38. The van der Waals surface area contributed by atoms with E-state index in [2.05, 4.69) is 18.5 Å². The normalized spacial score (nSPS) is 18.8. The summed E-state index contributed by atoms with van der Waals surface area (Å²) in [4.78, 5) is 15.4. The Morgan fingerprint density at radius 3 is 2.50 bits per heavy atom. The minimum atomic E-state index is 0.143.